The van der Waals surface area contributed by atoms with E-state index in [0.29, 0.717) is 12.3 Å². The van der Waals surface area contributed by atoms with E-state index in [0.717, 1.165) is 0 Å². The first-order chi connectivity index (χ1) is 2.81. The fourth-order valence-corrected chi connectivity index (χ4v) is 0.224. The van der Waals surface area contributed by atoms with Gasteiger partial charge in [-0.05, 0) is 0 Å². The smallest absolute Gasteiger partial charge is 0.0252 e. The SMILES string of the molecule is NC[C@H](N)CS. The zero-order valence-corrected chi connectivity index (χ0v) is 4.49. The van der Waals surface area contributed by atoms with E-state index in [9.17, 15) is 0 Å². The minimum absolute atomic E-state index is 0.0772. The van der Waals surface area contributed by atoms with Crippen LogP contribution in [0.1, 0.15) is 0 Å². The zero-order valence-electron chi connectivity index (χ0n) is 3.59. The molecule has 0 amide bonds. The lowest BCUT2D eigenvalue weighted by molar-refractivity contribution is 0.765. The lowest BCUT2D eigenvalue weighted by atomic mass is 10.4. The highest BCUT2D eigenvalue weighted by Gasteiger charge is 1.89. The average Bonchev–Trinajstić information content (AvgIpc) is 1.65. The molecule has 0 radical (unpaired) electrons. The lowest BCUT2D eigenvalue weighted by Gasteiger charge is -1.99. The summed E-state index contributed by atoms with van der Waals surface area (Å²) in [6.07, 6.45) is 0. The normalized spacial score (nSPS) is 14.5. The van der Waals surface area contributed by atoms with Gasteiger partial charge in [0.25, 0.3) is 0 Å². The molecule has 0 heterocycles. The molecular weight excluding hydrogens is 96.1 g/mol. The highest BCUT2D eigenvalue weighted by molar-refractivity contribution is 7.80. The highest BCUT2D eigenvalue weighted by Crippen LogP contribution is 1.75. The van der Waals surface area contributed by atoms with Crippen molar-refractivity contribution >= 4 is 12.6 Å². The van der Waals surface area contributed by atoms with E-state index in [-0.39, 0.29) is 6.04 Å². The molecule has 0 aromatic heterocycles. The van der Waals surface area contributed by atoms with Gasteiger partial charge in [-0.1, -0.05) is 0 Å². The Kier molecular flexibility index (Phi) is 3.62. The van der Waals surface area contributed by atoms with Gasteiger partial charge in [0.2, 0.25) is 0 Å². The van der Waals surface area contributed by atoms with Crippen molar-refractivity contribution in [3.05, 3.63) is 0 Å². The van der Waals surface area contributed by atoms with E-state index in [1.807, 2.05) is 0 Å². The Hall–Kier alpha value is 0.270. The second-order valence-corrected chi connectivity index (χ2v) is 1.54. The first-order valence-corrected chi connectivity index (χ1v) is 2.51. The molecule has 0 aliphatic heterocycles. The molecule has 0 spiro atoms. The minimum Gasteiger partial charge on any atom is -0.329 e. The minimum atomic E-state index is 0.0772. The molecule has 38 valence electrons. The van der Waals surface area contributed by atoms with Crippen LogP contribution in [0.15, 0.2) is 0 Å². The molecule has 0 aromatic carbocycles. The molecule has 4 N–H and O–H groups in total. The van der Waals surface area contributed by atoms with Gasteiger partial charge in [-0.2, -0.15) is 12.6 Å². The van der Waals surface area contributed by atoms with Crippen LogP contribution in [0.4, 0.5) is 0 Å². The van der Waals surface area contributed by atoms with Gasteiger partial charge < -0.3 is 11.5 Å². The first kappa shape index (κ1) is 6.27. The van der Waals surface area contributed by atoms with Gasteiger partial charge in [-0.3, -0.25) is 0 Å². The van der Waals surface area contributed by atoms with Crippen LogP contribution in [0.25, 0.3) is 0 Å². The Bertz CT molecular complexity index is 28.0. The molecule has 0 saturated heterocycles. The van der Waals surface area contributed by atoms with Crippen molar-refractivity contribution in [2.75, 3.05) is 12.3 Å². The van der Waals surface area contributed by atoms with Crippen molar-refractivity contribution in [1.82, 2.24) is 0 Å². The Morgan fingerprint density at radius 1 is 1.67 bits per heavy atom. The Labute approximate surface area is 43.3 Å². The monoisotopic (exact) mass is 106 g/mol. The van der Waals surface area contributed by atoms with Gasteiger partial charge in [-0.25, -0.2) is 0 Å². The predicted octanol–water partition coefficient (Wildman–Crippen LogP) is -0.798. The fourth-order valence-electron chi connectivity index (χ4n) is 0.0745. The second-order valence-electron chi connectivity index (χ2n) is 1.18. The van der Waals surface area contributed by atoms with Crippen molar-refractivity contribution in [2.45, 2.75) is 6.04 Å². The van der Waals surface area contributed by atoms with E-state index in [2.05, 4.69) is 12.6 Å². The quantitative estimate of drug-likeness (QED) is 0.404. The molecule has 3 heteroatoms. The summed E-state index contributed by atoms with van der Waals surface area (Å²) in [5.41, 5.74) is 10.4. The van der Waals surface area contributed by atoms with Gasteiger partial charge in [-0.15, -0.1) is 0 Å². The maximum atomic E-state index is 5.27. The molecule has 0 bridgehead atoms. The summed E-state index contributed by atoms with van der Waals surface area (Å²) in [5.74, 6) is 0.677. The van der Waals surface area contributed by atoms with E-state index in [4.69, 9.17) is 11.5 Å². The summed E-state index contributed by atoms with van der Waals surface area (Å²) in [6.45, 7) is 0.531. The van der Waals surface area contributed by atoms with Crippen LogP contribution in [0, 0.1) is 0 Å². The maximum absolute atomic E-state index is 5.27. The summed E-state index contributed by atoms with van der Waals surface area (Å²) < 4.78 is 0. The molecule has 6 heavy (non-hydrogen) atoms. The zero-order chi connectivity index (χ0) is 4.99. The highest BCUT2D eigenvalue weighted by atomic mass is 32.1. The third-order valence-electron chi connectivity index (χ3n) is 0.537. The van der Waals surface area contributed by atoms with Crippen LogP contribution in [0.2, 0.25) is 0 Å². The van der Waals surface area contributed by atoms with E-state index in [1.54, 1.807) is 0 Å². The number of hydrogen-bond acceptors (Lipinski definition) is 3. The largest absolute Gasteiger partial charge is 0.329 e. The fraction of sp³-hybridized carbons (Fsp3) is 1.00. The summed E-state index contributed by atoms with van der Waals surface area (Å²) in [4.78, 5) is 0. The molecule has 0 unspecified atom stereocenters. The average molecular weight is 106 g/mol. The third-order valence-corrected chi connectivity index (χ3v) is 1.01. The van der Waals surface area contributed by atoms with E-state index < -0.39 is 0 Å². The number of hydrogen-bond donors (Lipinski definition) is 3. The van der Waals surface area contributed by atoms with Crippen LogP contribution >= 0.6 is 12.6 Å². The Morgan fingerprint density at radius 3 is 2.17 bits per heavy atom. The van der Waals surface area contributed by atoms with Crippen LogP contribution in [-0.4, -0.2) is 18.3 Å². The van der Waals surface area contributed by atoms with Crippen LogP contribution < -0.4 is 11.5 Å². The standard InChI is InChI=1S/C3H10N2S/c4-1-3(5)2-6/h3,6H,1-2,4-5H2/t3-/m0/s1. The molecule has 0 aromatic rings. The maximum Gasteiger partial charge on any atom is 0.0252 e. The van der Waals surface area contributed by atoms with Gasteiger partial charge in [0.15, 0.2) is 0 Å². The van der Waals surface area contributed by atoms with Gasteiger partial charge in [0.1, 0.15) is 0 Å². The van der Waals surface area contributed by atoms with Crippen LogP contribution in [0.5, 0.6) is 0 Å². The predicted molar refractivity (Wildman–Crippen MR) is 30.9 cm³/mol. The van der Waals surface area contributed by atoms with Crippen molar-refractivity contribution in [2.24, 2.45) is 11.5 Å². The molecule has 0 aliphatic carbocycles. The molecule has 0 rings (SSSR count). The van der Waals surface area contributed by atoms with E-state index >= 15 is 0 Å². The molecule has 0 aliphatic rings. The molecule has 1 atom stereocenters. The number of rotatable bonds is 2. The summed E-state index contributed by atoms with van der Waals surface area (Å²) >= 11 is 3.89. The van der Waals surface area contributed by atoms with Gasteiger partial charge in [0, 0.05) is 18.3 Å². The lowest BCUT2D eigenvalue weighted by Crippen LogP contribution is -2.30. The second kappa shape index (κ2) is 3.46. The van der Waals surface area contributed by atoms with E-state index in [1.165, 1.54) is 0 Å². The number of thiol groups is 1. The summed E-state index contributed by atoms with van der Waals surface area (Å²) in [5, 5.41) is 0. The molecule has 0 fully saturated rings. The molecule has 2 nitrogen and oxygen atoms in total. The molecule has 0 saturated carbocycles. The summed E-state index contributed by atoms with van der Waals surface area (Å²) in [6, 6.07) is 0.0772. The Balaban J connectivity index is 2.75. The van der Waals surface area contributed by atoms with Gasteiger partial charge in [0.05, 0.1) is 0 Å². The van der Waals surface area contributed by atoms with Crippen molar-refractivity contribution in [1.29, 1.82) is 0 Å². The van der Waals surface area contributed by atoms with Crippen molar-refractivity contribution in [3.63, 3.8) is 0 Å². The summed E-state index contributed by atoms with van der Waals surface area (Å²) in [7, 11) is 0. The van der Waals surface area contributed by atoms with Crippen molar-refractivity contribution < 1.29 is 0 Å². The molecular formula is C3H10N2S. The van der Waals surface area contributed by atoms with Crippen molar-refractivity contribution in [3.8, 4) is 0 Å². The first-order valence-electron chi connectivity index (χ1n) is 1.87. The van der Waals surface area contributed by atoms with Crippen LogP contribution in [-0.2, 0) is 0 Å². The number of nitrogens with two attached hydrogens (primary N) is 2. The van der Waals surface area contributed by atoms with Crippen LogP contribution in [0.3, 0.4) is 0 Å². The Morgan fingerprint density at radius 2 is 2.17 bits per heavy atom. The third kappa shape index (κ3) is 2.50. The topological polar surface area (TPSA) is 52.0 Å². The van der Waals surface area contributed by atoms with Gasteiger partial charge >= 0.3 is 0 Å².